The monoisotopic (exact) mass is 238 g/mol. The topological polar surface area (TPSA) is 38.9 Å². The van der Waals surface area contributed by atoms with Gasteiger partial charge in [0.1, 0.15) is 0 Å². The first kappa shape index (κ1) is 11.4. The first-order valence-corrected chi connectivity index (χ1v) is 6.58. The van der Waals surface area contributed by atoms with Crippen LogP contribution in [-0.2, 0) is 5.54 Å². The zero-order chi connectivity index (χ0) is 12.4. The molecule has 2 aromatic rings. The molecule has 3 rings (SSSR count). The normalized spacial score (nSPS) is 17.8. The molecule has 18 heavy (non-hydrogen) atoms. The zero-order valence-electron chi connectivity index (χ0n) is 10.5. The average molecular weight is 238 g/mol. The third-order valence-corrected chi connectivity index (χ3v) is 3.94. The molecule has 2 nitrogen and oxygen atoms in total. The molecule has 0 radical (unpaired) electrons. The number of nitrogens with zero attached hydrogens (tertiary/aromatic N) is 1. The van der Waals surface area contributed by atoms with E-state index in [0.717, 1.165) is 12.8 Å². The van der Waals surface area contributed by atoms with Crippen molar-refractivity contribution in [1.29, 1.82) is 0 Å². The molecule has 0 atom stereocenters. The maximum Gasteiger partial charge on any atom is 0.0431 e. The van der Waals surface area contributed by atoms with Crippen LogP contribution in [0.25, 0.3) is 11.1 Å². The van der Waals surface area contributed by atoms with E-state index in [0.29, 0.717) is 0 Å². The van der Waals surface area contributed by atoms with E-state index in [4.69, 9.17) is 5.73 Å². The van der Waals surface area contributed by atoms with E-state index < -0.39 is 0 Å². The van der Waals surface area contributed by atoms with Gasteiger partial charge in [0.05, 0.1) is 0 Å². The highest BCUT2D eigenvalue weighted by Crippen LogP contribution is 2.40. The number of nitrogens with two attached hydrogens (primary N) is 1. The lowest BCUT2D eigenvalue weighted by Crippen LogP contribution is -2.33. The van der Waals surface area contributed by atoms with Crippen molar-refractivity contribution in [3.63, 3.8) is 0 Å². The highest BCUT2D eigenvalue weighted by Gasteiger charge is 2.33. The molecule has 0 bridgehead atoms. The van der Waals surface area contributed by atoms with E-state index in [1.165, 1.54) is 29.5 Å². The molecule has 92 valence electrons. The molecule has 1 aliphatic rings. The second kappa shape index (κ2) is 4.54. The van der Waals surface area contributed by atoms with Crippen LogP contribution in [0, 0.1) is 0 Å². The minimum Gasteiger partial charge on any atom is -0.321 e. The van der Waals surface area contributed by atoms with Gasteiger partial charge in [0, 0.05) is 17.9 Å². The molecule has 1 saturated carbocycles. The van der Waals surface area contributed by atoms with Crippen molar-refractivity contribution in [1.82, 2.24) is 4.98 Å². The van der Waals surface area contributed by atoms with Crippen molar-refractivity contribution in [2.75, 3.05) is 0 Å². The summed E-state index contributed by atoms with van der Waals surface area (Å²) in [5.74, 6) is 0. The van der Waals surface area contributed by atoms with Crippen molar-refractivity contribution in [2.24, 2.45) is 5.73 Å². The minimum atomic E-state index is -0.181. The first-order chi connectivity index (χ1) is 8.80. The molecule has 2 heteroatoms. The molecular formula is C16H18N2. The Kier molecular flexibility index (Phi) is 2.88. The smallest absolute Gasteiger partial charge is 0.0431 e. The van der Waals surface area contributed by atoms with Crippen LogP contribution in [0.3, 0.4) is 0 Å². The fraction of sp³-hybridized carbons (Fsp3) is 0.312. The van der Waals surface area contributed by atoms with E-state index in [1.807, 2.05) is 18.5 Å². The van der Waals surface area contributed by atoms with Crippen LogP contribution < -0.4 is 5.73 Å². The fourth-order valence-corrected chi connectivity index (χ4v) is 2.94. The maximum atomic E-state index is 6.58. The first-order valence-electron chi connectivity index (χ1n) is 6.58. The van der Waals surface area contributed by atoms with Gasteiger partial charge in [0.25, 0.3) is 0 Å². The van der Waals surface area contributed by atoms with Crippen LogP contribution in [0.4, 0.5) is 0 Å². The molecule has 0 amide bonds. The van der Waals surface area contributed by atoms with Crippen molar-refractivity contribution in [3.8, 4) is 11.1 Å². The van der Waals surface area contributed by atoms with Crippen LogP contribution >= 0.6 is 0 Å². The molecule has 2 N–H and O–H groups in total. The van der Waals surface area contributed by atoms with Gasteiger partial charge in [-0.25, -0.2) is 0 Å². The van der Waals surface area contributed by atoms with Gasteiger partial charge in [-0.15, -0.1) is 0 Å². The van der Waals surface area contributed by atoms with Crippen LogP contribution in [0.5, 0.6) is 0 Å². The van der Waals surface area contributed by atoms with Crippen LogP contribution in [0.2, 0.25) is 0 Å². The molecule has 0 aliphatic heterocycles. The second-order valence-electron chi connectivity index (χ2n) is 5.15. The highest BCUT2D eigenvalue weighted by molar-refractivity contribution is 5.68. The quantitative estimate of drug-likeness (QED) is 0.870. The van der Waals surface area contributed by atoms with Gasteiger partial charge in [0.2, 0.25) is 0 Å². The van der Waals surface area contributed by atoms with Gasteiger partial charge < -0.3 is 5.73 Å². The lowest BCUT2D eigenvalue weighted by atomic mass is 9.85. The molecular weight excluding hydrogens is 220 g/mol. The number of hydrogen-bond acceptors (Lipinski definition) is 2. The zero-order valence-corrected chi connectivity index (χ0v) is 10.5. The fourth-order valence-electron chi connectivity index (χ4n) is 2.94. The minimum absolute atomic E-state index is 0.181. The van der Waals surface area contributed by atoms with Crippen LogP contribution in [0.1, 0.15) is 31.2 Å². The Morgan fingerprint density at radius 2 is 1.72 bits per heavy atom. The molecule has 1 aromatic heterocycles. The highest BCUT2D eigenvalue weighted by atomic mass is 14.8. The lowest BCUT2D eigenvalue weighted by molar-refractivity contribution is 0.461. The number of aromatic nitrogens is 1. The Bertz CT molecular complexity index is 528. The number of rotatable bonds is 2. The molecule has 0 spiro atoms. The summed E-state index contributed by atoms with van der Waals surface area (Å²) in [6.07, 6.45) is 8.38. The second-order valence-corrected chi connectivity index (χ2v) is 5.15. The van der Waals surface area contributed by atoms with E-state index in [-0.39, 0.29) is 5.54 Å². The molecule has 1 fully saturated rings. The number of hydrogen-bond donors (Lipinski definition) is 1. The third kappa shape index (κ3) is 1.93. The van der Waals surface area contributed by atoms with Gasteiger partial charge in [-0.3, -0.25) is 4.98 Å². The predicted molar refractivity (Wildman–Crippen MR) is 74.0 cm³/mol. The predicted octanol–water partition coefficient (Wildman–Crippen LogP) is 3.48. The average Bonchev–Trinajstić information content (AvgIpc) is 2.88. The number of benzene rings is 1. The number of pyridine rings is 1. The molecule has 1 heterocycles. The van der Waals surface area contributed by atoms with Gasteiger partial charge in [0.15, 0.2) is 0 Å². The van der Waals surface area contributed by atoms with Crippen molar-refractivity contribution in [2.45, 2.75) is 31.2 Å². The van der Waals surface area contributed by atoms with Crippen LogP contribution in [0.15, 0.2) is 48.8 Å². The van der Waals surface area contributed by atoms with E-state index in [9.17, 15) is 0 Å². The third-order valence-electron chi connectivity index (χ3n) is 3.94. The Balaban J connectivity index is 2.11. The Labute approximate surface area is 108 Å². The molecule has 0 saturated heterocycles. The van der Waals surface area contributed by atoms with Gasteiger partial charge in [-0.2, -0.15) is 0 Å². The Morgan fingerprint density at radius 3 is 2.44 bits per heavy atom. The summed E-state index contributed by atoms with van der Waals surface area (Å²) in [4.78, 5) is 4.28. The summed E-state index contributed by atoms with van der Waals surface area (Å²) in [7, 11) is 0. The summed E-state index contributed by atoms with van der Waals surface area (Å²) in [5, 5.41) is 0. The molecule has 1 aromatic carbocycles. The summed E-state index contributed by atoms with van der Waals surface area (Å²) in [6, 6.07) is 12.5. The lowest BCUT2D eigenvalue weighted by Gasteiger charge is -2.26. The molecule has 1 aliphatic carbocycles. The van der Waals surface area contributed by atoms with Gasteiger partial charge in [-0.1, -0.05) is 43.2 Å². The van der Waals surface area contributed by atoms with E-state index >= 15 is 0 Å². The van der Waals surface area contributed by atoms with Crippen molar-refractivity contribution in [3.05, 3.63) is 54.4 Å². The maximum absolute atomic E-state index is 6.58. The summed E-state index contributed by atoms with van der Waals surface area (Å²) in [6.45, 7) is 0. The van der Waals surface area contributed by atoms with Gasteiger partial charge >= 0.3 is 0 Å². The largest absolute Gasteiger partial charge is 0.321 e. The summed E-state index contributed by atoms with van der Waals surface area (Å²) < 4.78 is 0. The van der Waals surface area contributed by atoms with Crippen LogP contribution in [-0.4, -0.2) is 4.98 Å². The van der Waals surface area contributed by atoms with E-state index in [1.54, 1.807) is 0 Å². The summed E-state index contributed by atoms with van der Waals surface area (Å²) in [5.41, 5.74) is 10.1. The van der Waals surface area contributed by atoms with E-state index in [2.05, 4.69) is 35.3 Å². The van der Waals surface area contributed by atoms with Crippen molar-refractivity contribution >= 4 is 0 Å². The Morgan fingerprint density at radius 1 is 1.00 bits per heavy atom. The summed E-state index contributed by atoms with van der Waals surface area (Å²) >= 11 is 0. The molecule has 0 unspecified atom stereocenters. The Hall–Kier alpha value is -1.67. The standard InChI is InChI=1S/C16H18N2/c17-16(9-4-5-10-16)15-12-18-11-8-14(15)13-6-2-1-3-7-13/h1-3,6-8,11-12H,4-5,9-10,17H2. The van der Waals surface area contributed by atoms with Gasteiger partial charge in [-0.05, 0) is 35.6 Å². The van der Waals surface area contributed by atoms with Crippen molar-refractivity contribution < 1.29 is 0 Å². The SMILES string of the molecule is NC1(c2cnccc2-c2ccccc2)CCCC1.